The van der Waals surface area contributed by atoms with E-state index in [0.717, 1.165) is 31.1 Å². The van der Waals surface area contributed by atoms with Crippen LogP contribution in [-0.2, 0) is 0 Å². The molecule has 2 heterocycles. The van der Waals surface area contributed by atoms with Crippen LogP contribution in [0.2, 0.25) is 5.28 Å². The number of carbonyl (C=O) groups is 1. The van der Waals surface area contributed by atoms with Gasteiger partial charge < -0.3 is 9.67 Å². The molecule has 0 aromatic carbocycles. The van der Waals surface area contributed by atoms with Crippen LogP contribution in [-0.4, -0.2) is 25.6 Å². The van der Waals surface area contributed by atoms with E-state index < -0.39 is 5.97 Å². The van der Waals surface area contributed by atoms with Crippen LogP contribution in [0.1, 0.15) is 47.8 Å². The molecule has 2 aromatic heterocycles. The number of carboxylic acids is 1. The first-order valence-electron chi connectivity index (χ1n) is 6.36. The van der Waals surface area contributed by atoms with Crippen LogP contribution in [0.4, 0.5) is 0 Å². The minimum atomic E-state index is -0.918. The Morgan fingerprint density at radius 3 is 2.79 bits per heavy atom. The van der Waals surface area contributed by atoms with Gasteiger partial charge in [-0.3, -0.25) is 0 Å². The molecule has 2 aromatic rings. The first-order chi connectivity index (χ1) is 9.09. The predicted octanol–water partition coefficient (Wildman–Crippen LogP) is 3.21. The van der Waals surface area contributed by atoms with Gasteiger partial charge in [-0.2, -0.15) is 4.98 Å². The summed E-state index contributed by atoms with van der Waals surface area (Å²) in [7, 11) is 0. The van der Waals surface area contributed by atoms with Crippen molar-refractivity contribution in [2.45, 2.75) is 38.6 Å². The number of aromatic nitrogens is 3. The summed E-state index contributed by atoms with van der Waals surface area (Å²) in [5.41, 5.74) is 1.67. The maximum Gasteiger partial charge on any atom is 0.352 e. The van der Waals surface area contributed by atoms with Crippen molar-refractivity contribution >= 4 is 28.6 Å². The molecule has 1 saturated carbocycles. The predicted molar refractivity (Wildman–Crippen MR) is 71.7 cm³/mol. The molecule has 1 aliphatic carbocycles. The molecule has 1 fully saturated rings. The molecule has 0 radical (unpaired) electrons. The smallest absolute Gasteiger partial charge is 0.352 e. The largest absolute Gasteiger partial charge is 0.477 e. The van der Waals surface area contributed by atoms with E-state index in [1.807, 2.05) is 4.57 Å². The summed E-state index contributed by atoms with van der Waals surface area (Å²) in [6, 6.07) is 0.202. The highest BCUT2D eigenvalue weighted by Crippen LogP contribution is 2.36. The number of aromatic carboxylic acids is 1. The topological polar surface area (TPSA) is 68.0 Å². The Labute approximate surface area is 115 Å². The number of halogens is 1. The van der Waals surface area contributed by atoms with Crippen LogP contribution in [0, 0.1) is 6.92 Å². The number of hydrogen-bond acceptors (Lipinski definition) is 3. The van der Waals surface area contributed by atoms with E-state index >= 15 is 0 Å². The molecular formula is C13H14ClN3O2. The molecule has 3 rings (SSSR count). The first-order valence-corrected chi connectivity index (χ1v) is 6.73. The third kappa shape index (κ3) is 1.89. The Morgan fingerprint density at radius 2 is 2.16 bits per heavy atom. The average Bonchev–Trinajstić information content (AvgIpc) is 2.95. The van der Waals surface area contributed by atoms with E-state index in [2.05, 4.69) is 9.97 Å². The second-order valence-corrected chi connectivity index (χ2v) is 5.30. The minimum absolute atomic E-state index is 0.154. The summed E-state index contributed by atoms with van der Waals surface area (Å²) >= 11 is 5.86. The molecule has 1 N–H and O–H groups in total. The van der Waals surface area contributed by atoms with Crippen LogP contribution >= 0.6 is 11.6 Å². The van der Waals surface area contributed by atoms with Crippen LogP contribution in [0.25, 0.3) is 11.0 Å². The number of aryl methyl sites for hydroxylation is 1. The van der Waals surface area contributed by atoms with Crippen LogP contribution in [0.15, 0.2) is 6.20 Å². The number of carboxylic acid groups (broad SMARTS) is 1. The minimum Gasteiger partial charge on any atom is -0.477 e. The van der Waals surface area contributed by atoms with E-state index in [9.17, 15) is 9.90 Å². The highest BCUT2D eigenvalue weighted by atomic mass is 35.5. The van der Waals surface area contributed by atoms with Gasteiger partial charge in [0.05, 0.1) is 0 Å². The Balaban J connectivity index is 2.34. The Morgan fingerprint density at radius 1 is 1.47 bits per heavy atom. The van der Waals surface area contributed by atoms with E-state index in [0.29, 0.717) is 16.9 Å². The van der Waals surface area contributed by atoms with Crippen molar-refractivity contribution in [3.05, 3.63) is 22.7 Å². The fraction of sp³-hybridized carbons (Fsp3) is 0.462. The third-order valence-corrected chi connectivity index (χ3v) is 4.04. The molecule has 0 spiro atoms. The van der Waals surface area contributed by atoms with Crippen LogP contribution in [0.3, 0.4) is 0 Å². The Kier molecular flexibility index (Phi) is 2.93. The summed E-state index contributed by atoms with van der Waals surface area (Å²) in [5.74, 6) is -0.918. The number of hydrogen-bond donors (Lipinski definition) is 1. The van der Waals surface area contributed by atoms with Gasteiger partial charge >= 0.3 is 5.97 Å². The standard InChI is InChI=1S/C13H14ClN3O2/c1-7-9-6-15-13(14)16-11(9)17(10(7)12(18)19)8-4-2-3-5-8/h6,8H,2-5H2,1H3,(H,18,19). The van der Waals surface area contributed by atoms with E-state index in [4.69, 9.17) is 11.6 Å². The maximum atomic E-state index is 11.6. The Bertz CT molecular complexity index is 659. The quantitative estimate of drug-likeness (QED) is 0.857. The van der Waals surface area contributed by atoms with Crippen LogP contribution < -0.4 is 0 Å². The van der Waals surface area contributed by atoms with Gasteiger partial charge in [-0.25, -0.2) is 9.78 Å². The lowest BCUT2D eigenvalue weighted by Crippen LogP contribution is -2.14. The summed E-state index contributed by atoms with van der Waals surface area (Å²) in [6.07, 6.45) is 5.84. The molecule has 0 saturated heterocycles. The summed E-state index contributed by atoms with van der Waals surface area (Å²) in [4.78, 5) is 19.7. The molecule has 0 aliphatic heterocycles. The number of nitrogens with zero attached hydrogens (tertiary/aromatic N) is 3. The van der Waals surface area contributed by atoms with Crippen molar-refractivity contribution in [1.29, 1.82) is 0 Å². The fourth-order valence-corrected chi connectivity index (χ4v) is 3.12. The molecule has 100 valence electrons. The van der Waals surface area contributed by atoms with Gasteiger partial charge in [-0.1, -0.05) is 12.8 Å². The lowest BCUT2D eigenvalue weighted by atomic mass is 10.2. The molecule has 0 atom stereocenters. The monoisotopic (exact) mass is 279 g/mol. The number of fused-ring (bicyclic) bond motifs is 1. The third-order valence-electron chi connectivity index (χ3n) is 3.86. The molecule has 0 amide bonds. The zero-order valence-electron chi connectivity index (χ0n) is 10.6. The molecule has 0 unspecified atom stereocenters. The second kappa shape index (κ2) is 4.49. The average molecular weight is 280 g/mol. The highest BCUT2D eigenvalue weighted by Gasteiger charge is 2.27. The molecule has 19 heavy (non-hydrogen) atoms. The lowest BCUT2D eigenvalue weighted by Gasteiger charge is -2.15. The van der Waals surface area contributed by atoms with Gasteiger partial charge in [0.15, 0.2) is 0 Å². The SMILES string of the molecule is Cc1c(C(=O)O)n(C2CCCC2)c2nc(Cl)ncc12. The number of rotatable bonds is 2. The highest BCUT2D eigenvalue weighted by molar-refractivity contribution is 6.28. The first kappa shape index (κ1) is 12.4. The van der Waals surface area contributed by atoms with Crippen molar-refractivity contribution in [1.82, 2.24) is 14.5 Å². The lowest BCUT2D eigenvalue weighted by molar-refractivity contribution is 0.0682. The normalized spacial score (nSPS) is 16.3. The van der Waals surface area contributed by atoms with E-state index in [1.165, 1.54) is 0 Å². The van der Waals surface area contributed by atoms with Gasteiger partial charge in [0, 0.05) is 17.6 Å². The van der Waals surface area contributed by atoms with Crippen molar-refractivity contribution in [3.63, 3.8) is 0 Å². The van der Waals surface area contributed by atoms with Crippen molar-refractivity contribution in [2.24, 2.45) is 0 Å². The van der Waals surface area contributed by atoms with Crippen LogP contribution in [0.5, 0.6) is 0 Å². The maximum absolute atomic E-state index is 11.6. The van der Waals surface area contributed by atoms with Crippen molar-refractivity contribution in [3.8, 4) is 0 Å². The zero-order chi connectivity index (χ0) is 13.6. The second-order valence-electron chi connectivity index (χ2n) is 4.96. The van der Waals surface area contributed by atoms with Gasteiger partial charge in [-0.05, 0) is 36.9 Å². The molecule has 0 bridgehead atoms. The van der Waals surface area contributed by atoms with Gasteiger partial charge in [0.25, 0.3) is 0 Å². The summed E-state index contributed by atoms with van der Waals surface area (Å²) in [6.45, 7) is 1.80. The Hall–Kier alpha value is -1.62. The van der Waals surface area contributed by atoms with Crippen molar-refractivity contribution < 1.29 is 9.90 Å². The molecule has 5 nitrogen and oxygen atoms in total. The zero-order valence-corrected chi connectivity index (χ0v) is 11.3. The summed E-state index contributed by atoms with van der Waals surface area (Å²) < 4.78 is 1.84. The van der Waals surface area contributed by atoms with Crippen molar-refractivity contribution in [2.75, 3.05) is 0 Å². The molecular weight excluding hydrogens is 266 g/mol. The molecule has 1 aliphatic rings. The van der Waals surface area contributed by atoms with Gasteiger partial charge in [-0.15, -0.1) is 0 Å². The van der Waals surface area contributed by atoms with E-state index in [-0.39, 0.29) is 11.3 Å². The summed E-state index contributed by atoms with van der Waals surface area (Å²) in [5, 5.41) is 10.4. The fourth-order valence-electron chi connectivity index (χ4n) is 3.00. The molecule has 6 heteroatoms. The van der Waals surface area contributed by atoms with Gasteiger partial charge in [0.2, 0.25) is 5.28 Å². The van der Waals surface area contributed by atoms with Gasteiger partial charge in [0.1, 0.15) is 11.3 Å². The van der Waals surface area contributed by atoms with E-state index in [1.54, 1.807) is 13.1 Å².